The number of nitrogens with one attached hydrogen (secondary N) is 1. The van der Waals surface area contributed by atoms with Crippen molar-refractivity contribution in [1.82, 2.24) is 10.2 Å². The van der Waals surface area contributed by atoms with Crippen LogP contribution in [-0.2, 0) is 19.1 Å². The lowest BCUT2D eigenvalue weighted by Crippen LogP contribution is -2.61. The topological polar surface area (TPSA) is 139 Å². The molecule has 5 unspecified atom stereocenters. The molecule has 164 valence electrons. The Morgan fingerprint density at radius 2 is 1.94 bits per heavy atom. The van der Waals surface area contributed by atoms with Gasteiger partial charge in [0.05, 0.1) is 11.0 Å². The molecule has 2 saturated heterocycles. The second kappa shape index (κ2) is 6.76. The average Bonchev–Trinajstić information content (AvgIpc) is 3.09. The van der Waals surface area contributed by atoms with E-state index in [1.807, 2.05) is 0 Å². The number of esters is 2. The van der Waals surface area contributed by atoms with Crippen molar-refractivity contribution in [2.24, 2.45) is 5.92 Å². The number of likely N-dealkylation sites (N-methyl/N-ethyl adjacent to an activating group) is 1. The van der Waals surface area contributed by atoms with Crippen LogP contribution in [0.1, 0.15) is 23.4 Å². The fourth-order valence-corrected chi connectivity index (χ4v) is 5.14. The minimum absolute atomic E-state index is 0.0209. The Labute approximate surface area is 184 Å². The Balaban J connectivity index is 1.63. The van der Waals surface area contributed by atoms with Crippen molar-refractivity contribution in [2.75, 3.05) is 13.6 Å². The van der Waals surface area contributed by atoms with Gasteiger partial charge in [-0.15, -0.1) is 0 Å². The van der Waals surface area contributed by atoms with Crippen LogP contribution in [0.2, 0.25) is 0 Å². The van der Waals surface area contributed by atoms with Crippen LogP contribution in [0.4, 0.5) is 0 Å². The number of aliphatic hydroxyl groups is 2. The molecule has 1 spiro atoms. The summed E-state index contributed by atoms with van der Waals surface area (Å²) in [5.74, 6) is -3.37. The van der Waals surface area contributed by atoms with Gasteiger partial charge in [0.2, 0.25) is 5.72 Å². The van der Waals surface area contributed by atoms with Crippen molar-refractivity contribution in [3.63, 3.8) is 0 Å². The maximum atomic E-state index is 13.7. The first-order valence-corrected chi connectivity index (χ1v) is 10.5. The molecule has 3 fully saturated rings. The minimum Gasteiger partial charge on any atom is -0.450 e. The third-order valence-corrected chi connectivity index (χ3v) is 6.71. The van der Waals surface area contributed by atoms with E-state index in [4.69, 9.17) is 13.9 Å². The van der Waals surface area contributed by atoms with Crippen LogP contribution >= 0.6 is 15.9 Å². The highest BCUT2D eigenvalue weighted by atomic mass is 79.9. The third kappa shape index (κ3) is 2.84. The van der Waals surface area contributed by atoms with Gasteiger partial charge in [-0.05, 0) is 35.1 Å². The van der Waals surface area contributed by atoms with Crippen LogP contribution in [0, 0.1) is 5.92 Å². The van der Waals surface area contributed by atoms with E-state index in [2.05, 4.69) is 21.2 Å². The number of hydrogen-bond donors (Lipinski definition) is 3. The number of piperidine rings is 1. The Kier molecular flexibility index (Phi) is 4.46. The molecule has 3 aliphatic rings. The summed E-state index contributed by atoms with van der Waals surface area (Å²) in [7, 11) is 1.62. The molecular weight excluding hydrogens is 476 g/mol. The first kappa shape index (κ1) is 20.4. The molecule has 2 aliphatic heterocycles. The molecule has 2 aromatic rings. The number of halogens is 1. The van der Waals surface area contributed by atoms with E-state index in [0.29, 0.717) is 21.9 Å². The molecule has 1 aromatic carbocycles. The second-order valence-electron chi connectivity index (χ2n) is 8.07. The summed E-state index contributed by atoms with van der Waals surface area (Å²) in [5.41, 5.74) is -2.46. The highest BCUT2D eigenvalue weighted by Crippen LogP contribution is 2.63. The number of aliphatic hydroxyl groups excluding tert-OH is 2. The van der Waals surface area contributed by atoms with Gasteiger partial charge >= 0.3 is 11.9 Å². The molecule has 5 atom stereocenters. The van der Waals surface area contributed by atoms with Crippen molar-refractivity contribution in [2.45, 2.75) is 36.5 Å². The molecule has 10 nitrogen and oxygen atoms in total. The van der Waals surface area contributed by atoms with Crippen LogP contribution in [0.5, 0.6) is 0 Å². The van der Waals surface area contributed by atoms with Crippen LogP contribution in [0.25, 0.3) is 11.0 Å². The number of furan rings is 1. The third-order valence-electron chi connectivity index (χ3n) is 6.08. The number of hydrogen-bond acceptors (Lipinski definition) is 9. The average molecular weight is 495 g/mol. The molecular formula is C20H19BrN2O8. The van der Waals surface area contributed by atoms with E-state index in [0.717, 1.165) is 0 Å². The van der Waals surface area contributed by atoms with Crippen molar-refractivity contribution in [1.29, 1.82) is 0 Å². The lowest BCUT2D eigenvalue weighted by molar-refractivity contribution is -0.195. The van der Waals surface area contributed by atoms with Crippen LogP contribution in [0.15, 0.2) is 33.2 Å². The van der Waals surface area contributed by atoms with Gasteiger partial charge in [0, 0.05) is 24.1 Å². The summed E-state index contributed by atoms with van der Waals surface area (Å²) in [6.07, 6.45) is -3.73. The molecule has 2 bridgehead atoms. The van der Waals surface area contributed by atoms with E-state index < -0.39 is 41.5 Å². The van der Waals surface area contributed by atoms with Gasteiger partial charge in [0.15, 0.2) is 23.7 Å². The molecule has 31 heavy (non-hydrogen) atoms. The predicted molar refractivity (Wildman–Crippen MR) is 106 cm³/mol. The molecule has 11 heteroatoms. The number of nitrogens with zero attached hydrogens (tertiary/aromatic N) is 1. The number of rotatable bonds is 3. The lowest BCUT2D eigenvalue weighted by Gasteiger charge is -2.41. The minimum atomic E-state index is -2.13. The maximum absolute atomic E-state index is 13.7. The molecule has 1 saturated carbocycles. The number of fused-ring (bicyclic) bond motifs is 2. The maximum Gasteiger partial charge on any atom is 0.340 e. The predicted octanol–water partition coefficient (Wildman–Crippen LogP) is 0.495. The summed E-state index contributed by atoms with van der Waals surface area (Å²) >= 11 is 3.38. The van der Waals surface area contributed by atoms with Gasteiger partial charge in [0.25, 0.3) is 5.91 Å². The molecule has 5 rings (SSSR count). The van der Waals surface area contributed by atoms with Gasteiger partial charge in [-0.2, -0.15) is 0 Å². The number of benzene rings is 1. The van der Waals surface area contributed by atoms with Crippen molar-refractivity contribution < 1.29 is 38.5 Å². The van der Waals surface area contributed by atoms with E-state index in [-0.39, 0.29) is 24.6 Å². The number of para-hydroxylation sites is 1. The van der Waals surface area contributed by atoms with Crippen LogP contribution < -0.4 is 5.32 Å². The first-order chi connectivity index (χ1) is 14.7. The Bertz CT molecular complexity index is 1120. The normalized spacial score (nSPS) is 34.5. The summed E-state index contributed by atoms with van der Waals surface area (Å²) < 4.78 is 17.6. The zero-order chi connectivity index (χ0) is 22.1. The van der Waals surface area contributed by atoms with Gasteiger partial charge in [-0.1, -0.05) is 12.1 Å². The number of ether oxygens (including phenoxy) is 2. The standard InChI is InChI=1S/C20H19BrN2O8/c1-22-8-19-6-10-7-20(10,31-18(28)14(25)13(24)17(27)30-19)23(19)16(26)12-5-9-3-2-4-11(21)15(9)29-12/h2-5,10,13-14,22,24-25H,6-8H2,1H3. The number of carbonyl (C=O) groups is 3. The van der Waals surface area contributed by atoms with Gasteiger partial charge in [0.1, 0.15) is 5.58 Å². The largest absolute Gasteiger partial charge is 0.450 e. The van der Waals surface area contributed by atoms with E-state index in [1.54, 1.807) is 31.3 Å². The fourth-order valence-electron chi connectivity index (χ4n) is 4.68. The Hall–Kier alpha value is -2.47. The molecule has 0 radical (unpaired) electrons. The molecule has 1 aliphatic carbocycles. The quantitative estimate of drug-likeness (QED) is 0.520. The molecule has 1 aromatic heterocycles. The summed E-state index contributed by atoms with van der Waals surface area (Å²) in [6.45, 7) is 0.0209. The summed E-state index contributed by atoms with van der Waals surface area (Å²) in [4.78, 5) is 39.8. The Morgan fingerprint density at radius 1 is 1.23 bits per heavy atom. The molecule has 3 N–H and O–H groups in total. The molecule has 3 heterocycles. The van der Waals surface area contributed by atoms with E-state index >= 15 is 0 Å². The summed E-state index contributed by atoms with van der Waals surface area (Å²) in [6, 6.07) is 6.91. The zero-order valence-electron chi connectivity index (χ0n) is 16.3. The van der Waals surface area contributed by atoms with Crippen LogP contribution in [-0.4, -0.2) is 70.2 Å². The molecule has 1 amide bonds. The monoisotopic (exact) mass is 494 g/mol. The van der Waals surface area contributed by atoms with Gasteiger partial charge in [-0.3, -0.25) is 9.69 Å². The first-order valence-electron chi connectivity index (χ1n) is 9.71. The fraction of sp³-hybridized carbons (Fsp3) is 0.450. The number of carbonyl (C=O) groups excluding carboxylic acids is 3. The summed E-state index contributed by atoms with van der Waals surface area (Å²) in [5, 5.41) is 23.7. The van der Waals surface area contributed by atoms with Gasteiger partial charge < -0.3 is 29.4 Å². The highest BCUT2D eigenvalue weighted by Gasteiger charge is 2.77. The lowest BCUT2D eigenvalue weighted by atomic mass is 10.1. The van der Waals surface area contributed by atoms with Crippen molar-refractivity contribution >= 4 is 44.7 Å². The Morgan fingerprint density at radius 3 is 2.61 bits per heavy atom. The smallest absolute Gasteiger partial charge is 0.340 e. The van der Waals surface area contributed by atoms with E-state index in [9.17, 15) is 24.6 Å². The highest BCUT2D eigenvalue weighted by molar-refractivity contribution is 9.10. The second-order valence-corrected chi connectivity index (χ2v) is 8.92. The van der Waals surface area contributed by atoms with E-state index in [1.165, 1.54) is 4.90 Å². The van der Waals surface area contributed by atoms with Crippen LogP contribution in [0.3, 0.4) is 0 Å². The van der Waals surface area contributed by atoms with Gasteiger partial charge in [-0.25, -0.2) is 9.59 Å². The number of amides is 1. The van der Waals surface area contributed by atoms with Crippen molar-refractivity contribution in [3.8, 4) is 0 Å². The van der Waals surface area contributed by atoms with Crippen molar-refractivity contribution in [3.05, 3.63) is 34.5 Å². The zero-order valence-corrected chi connectivity index (χ0v) is 17.9. The SMILES string of the molecule is CNCC12CC3CC3(OC(=O)C(O)C(O)C(=O)O1)N2C(=O)c1cc2cccc(Br)c2o1.